The number of rotatable bonds is 8. The zero-order valence-corrected chi connectivity index (χ0v) is 19.3. The lowest BCUT2D eigenvalue weighted by Gasteiger charge is -2.44. The standard InChI is InChI=1S/C23H28ClFN4O4/c1-14-11-29(15(2)10-28(14)12-16-3-5-19(25)6-4-16)21(30)13-33-22-17(7-18(24)9-27-22)8-20(26)23(31)32/h3-7,9,14-15,20H,8,10-13,26H2,1-2H3,(H,31,32). The van der Waals surface area contributed by atoms with Gasteiger partial charge in [0, 0.05) is 49.9 Å². The summed E-state index contributed by atoms with van der Waals surface area (Å²) in [6, 6.07) is 6.89. The van der Waals surface area contributed by atoms with Crippen molar-refractivity contribution in [2.75, 3.05) is 19.7 Å². The van der Waals surface area contributed by atoms with E-state index in [1.807, 2.05) is 13.8 Å². The van der Waals surface area contributed by atoms with E-state index in [2.05, 4.69) is 9.88 Å². The van der Waals surface area contributed by atoms with Crippen LogP contribution in [0.25, 0.3) is 0 Å². The second-order valence-electron chi connectivity index (χ2n) is 8.36. The highest BCUT2D eigenvalue weighted by molar-refractivity contribution is 6.30. The van der Waals surface area contributed by atoms with Gasteiger partial charge in [0.15, 0.2) is 6.61 Å². The number of carbonyl (C=O) groups excluding carboxylic acids is 1. The molecule has 0 radical (unpaired) electrons. The number of nitrogens with two attached hydrogens (primary N) is 1. The molecule has 1 aromatic heterocycles. The number of amides is 1. The van der Waals surface area contributed by atoms with Gasteiger partial charge in [0.05, 0.1) is 5.02 Å². The molecule has 0 bridgehead atoms. The van der Waals surface area contributed by atoms with Gasteiger partial charge in [-0.2, -0.15) is 0 Å². The maximum Gasteiger partial charge on any atom is 0.320 e. The third kappa shape index (κ3) is 6.63. The SMILES string of the molecule is CC1CN(C(=O)COc2ncc(Cl)cc2CC(N)C(=O)O)C(C)CN1Cc1ccc(F)cc1. The number of aliphatic carboxylic acids is 1. The largest absolute Gasteiger partial charge is 0.480 e. The Kier molecular flexibility index (Phi) is 8.23. The van der Waals surface area contributed by atoms with E-state index in [4.69, 9.17) is 27.2 Å². The summed E-state index contributed by atoms with van der Waals surface area (Å²) in [6.07, 6.45) is 1.35. The second-order valence-corrected chi connectivity index (χ2v) is 8.79. The number of hydrogen-bond donors (Lipinski definition) is 2. The van der Waals surface area contributed by atoms with Crippen molar-refractivity contribution in [3.05, 3.63) is 58.5 Å². The maximum atomic E-state index is 13.2. The first-order valence-corrected chi connectivity index (χ1v) is 11.1. The highest BCUT2D eigenvalue weighted by Gasteiger charge is 2.32. The van der Waals surface area contributed by atoms with Gasteiger partial charge in [0.1, 0.15) is 11.9 Å². The van der Waals surface area contributed by atoms with Crippen molar-refractivity contribution in [2.24, 2.45) is 5.73 Å². The fourth-order valence-corrected chi connectivity index (χ4v) is 4.05. The Labute approximate surface area is 197 Å². The van der Waals surface area contributed by atoms with Crippen LogP contribution in [0.15, 0.2) is 36.5 Å². The molecule has 2 aromatic rings. The average Bonchev–Trinajstić information content (AvgIpc) is 2.76. The monoisotopic (exact) mass is 478 g/mol. The molecular weight excluding hydrogens is 451 g/mol. The van der Waals surface area contributed by atoms with Crippen molar-refractivity contribution in [1.82, 2.24) is 14.8 Å². The van der Waals surface area contributed by atoms with E-state index in [-0.39, 0.29) is 42.7 Å². The second kappa shape index (κ2) is 10.9. The van der Waals surface area contributed by atoms with Crippen LogP contribution in [-0.2, 0) is 22.6 Å². The van der Waals surface area contributed by atoms with Crippen molar-refractivity contribution in [1.29, 1.82) is 0 Å². The molecule has 8 nitrogen and oxygen atoms in total. The lowest BCUT2D eigenvalue weighted by molar-refractivity contribution is -0.140. The topological polar surface area (TPSA) is 109 Å². The van der Waals surface area contributed by atoms with E-state index < -0.39 is 12.0 Å². The van der Waals surface area contributed by atoms with E-state index in [1.54, 1.807) is 17.0 Å². The molecule has 3 atom stereocenters. The van der Waals surface area contributed by atoms with E-state index in [1.165, 1.54) is 24.4 Å². The molecule has 10 heteroatoms. The number of carboxylic acid groups (broad SMARTS) is 1. The highest BCUT2D eigenvalue weighted by atomic mass is 35.5. The van der Waals surface area contributed by atoms with Crippen LogP contribution >= 0.6 is 11.6 Å². The number of halogens is 2. The number of ether oxygens (including phenoxy) is 1. The smallest absolute Gasteiger partial charge is 0.320 e. The summed E-state index contributed by atoms with van der Waals surface area (Å²) in [7, 11) is 0. The molecule has 0 saturated carbocycles. The third-order valence-corrected chi connectivity index (χ3v) is 5.92. The highest BCUT2D eigenvalue weighted by Crippen LogP contribution is 2.22. The molecule has 1 saturated heterocycles. The minimum absolute atomic E-state index is 0.0259. The lowest BCUT2D eigenvalue weighted by atomic mass is 10.1. The average molecular weight is 479 g/mol. The van der Waals surface area contributed by atoms with Gasteiger partial charge in [-0.1, -0.05) is 23.7 Å². The Morgan fingerprint density at radius 1 is 1.27 bits per heavy atom. The lowest BCUT2D eigenvalue weighted by Crippen LogP contribution is -2.58. The molecule has 0 spiro atoms. The van der Waals surface area contributed by atoms with Gasteiger partial charge in [-0.15, -0.1) is 0 Å². The van der Waals surface area contributed by atoms with E-state index in [9.17, 15) is 14.0 Å². The van der Waals surface area contributed by atoms with E-state index in [0.717, 1.165) is 5.56 Å². The summed E-state index contributed by atoms with van der Waals surface area (Å²) < 4.78 is 18.8. The Morgan fingerprint density at radius 3 is 2.64 bits per heavy atom. The minimum Gasteiger partial charge on any atom is -0.480 e. The number of hydrogen-bond acceptors (Lipinski definition) is 6. The molecule has 33 heavy (non-hydrogen) atoms. The molecule has 2 heterocycles. The maximum absolute atomic E-state index is 13.2. The van der Waals surface area contributed by atoms with Gasteiger partial charge in [-0.25, -0.2) is 9.37 Å². The molecule has 1 aromatic carbocycles. The summed E-state index contributed by atoms with van der Waals surface area (Å²) in [4.78, 5) is 32.1. The summed E-state index contributed by atoms with van der Waals surface area (Å²) in [5.41, 5.74) is 7.07. The van der Waals surface area contributed by atoms with Crippen LogP contribution in [0.1, 0.15) is 25.0 Å². The molecule has 3 unspecified atom stereocenters. The van der Waals surface area contributed by atoms with Crippen LogP contribution in [0.2, 0.25) is 5.02 Å². The predicted molar refractivity (Wildman–Crippen MR) is 122 cm³/mol. The summed E-state index contributed by atoms with van der Waals surface area (Å²) in [5, 5.41) is 9.39. The van der Waals surface area contributed by atoms with Crippen LogP contribution in [0.4, 0.5) is 4.39 Å². The fraction of sp³-hybridized carbons (Fsp3) is 0.435. The number of nitrogens with zero attached hydrogens (tertiary/aromatic N) is 3. The first-order chi connectivity index (χ1) is 15.6. The zero-order valence-electron chi connectivity index (χ0n) is 18.6. The van der Waals surface area contributed by atoms with Gasteiger partial charge in [-0.3, -0.25) is 14.5 Å². The van der Waals surface area contributed by atoms with Crippen molar-refractivity contribution in [2.45, 2.75) is 44.9 Å². The Morgan fingerprint density at radius 2 is 1.97 bits per heavy atom. The first kappa shape index (κ1) is 24.9. The number of carbonyl (C=O) groups is 2. The molecule has 3 N–H and O–H groups in total. The summed E-state index contributed by atoms with van der Waals surface area (Å²) in [5.74, 6) is -1.47. The number of carboxylic acids is 1. The van der Waals surface area contributed by atoms with Gasteiger partial charge < -0.3 is 20.5 Å². The predicted octanol–water partition coefficient (Wildman–Crippen LogP) is 2.33. The zero-order chi connectivity index (χ0) is 24.1. The molecule has 3 rings (SSSR count). The Balaban J connectivity index is 1.60. The van der Waals surface area contributed by atoms with Gasteiger partial charge in [-0.05, 0) is 37.6 Å². The van der Waals surface area contributed by atoms with Gasteiger partial charge >= 0.3 is 5.97 Å². The van der Waals surface area contributed by atoms with Crippen molar-refractivity contribution in [3.63, 3.8) is 0 Å². The van der Waals surface area contributed by atoms with Crippen molar-refractivity contribution in [3.8, 4) is 5.88 Å². The van der Waals surface area contributed by atoms with E-state index in [0.29, 0.717) is 30.2 Å². The summed E-state index contributed by atoms with van der Waals surface area (Å²) in [6.45, 7) is 5.64. The third-order valence-electron chi connectivity index (χ3n) is 5.72. The number of benzene rings is 1. The molecule has 0 aliphatic carbocycles. The van der Waals surface area contributed by atoms with Crippen LogP contribution in [0.5, 0.6) is 5.88 Å². The van der Waals surface area contributed by atoms with Gasteiger partial charge in [0.2, 0.25) is 5.88 Å². The molecule has 1 aliphatic heterocycles. The molecule has 1 aliphatic rings. The van der Waals surface area contributed by atoms with Crippen LogP contribution in [0.3, 0.4) is 0 Å². The van der Waals surface area contributed by atoms with Crippen LogP contribution < -0.4 is 10.5 Å². The van der Waals surface area contributed by atoms with Crippen molar-refractivity contribution >= 4 is 23.5 Å². The summed E-state index contributed by atoms with van der Waals surface area (Å²) >= 11 is 5.97. The fourth-order valence-electron chi connectivity index (χ4n) is 3.87. The van der Waals surface area contributed by atoms with Crippen LogP contribution in [0, 0.1) is 5.82 Å². The van der Waals surface area contributed by atoms with Gasteiger partial charge in [0.25, 0.3) is 5.91 Å². The quantitative estimate of drug-likeness (QED) is 0.599. The normalized spacial score (nSPS) is 19.8. The number of piperazine rings is 1. The Hall–Kier alpha value is -2.75. The van der Waals surface area contributed by atoms with E-state index >= 15 is 0 Å². The molecule has 178 valence electrons. The number of aromatic nitrogens is 1. The Bertz CT molecular complexity index is 991. The number of pyridine rings is 1. The minimum atomic E-state index is -1.15. The molecule has 1 amide bonds. The first-order valence-electron chi connectivity index (χ1n) is 10.7. The molecule has 1 fully saturated rings. The molecular formula is C23H28ClFN4O4. The van der Waals surface area contributed by atoms with Crippen molar-refractivity contribution < 1.29 is 23.8 Å². The van der Waals surface area contributed by atoms with Crippen LogP contribution in [-0.4, -0.2) is 69.6 Å².